The van der Waals surface area contributed by atoms with Gasteiger partial charge in [0.25, 0.3) is 11.8 Å². The van der Waals surface area contributed by atoms with Crippen LogP contribution in [0, 0.1) is 11.8 Å². The van der Waals surface area contributed by atoms with Gasteiger partial charge in [-0.3, -0.25) is 14.6 Å². The fraction of sp³-hybridized carbons (Fsp3) is 0.417. The summed E-state index contributed by atoms with van der Waals surface area (Å²) in [6.45, 7) is 1.25. The summed E-state index contributed by atoms with van der Waals surface area (Å²) in [5.41, 5.74) is 14.9. The highest BCUT2D eigenvalue weighted by molar-refractivity contribution is 9.10. The molecule has 0 aromatic carbocycles. The van der Waals surface area contributed by atoms with E-state index in [0.29, 0.717) is 49.4 Å². The number of H-pyrrole nitrogens is 1. The molecule has 4 unspecified atom stereocenters. The molecule has 8 N–H and O–H groups in total. The van der Waals surface area contributed by atoms with Crippen molar-refractivity contribution in [2.24, 2.45) is 36.7 Å². The van der Waals surface area contributed by atoms with E-state index in [1.165, 1.54) is 0 Å². The lowest BCUT2D eigenvalue weighted by molar-refractivity contribution is 0.0894. The number of imidazole rings is 1. The van der Waals surface area contributed by atoms with Gasteiger partial charge in [-0.1, -0.05) is 0 Å². The first-order chi connectivity index (χ1) is 18.1. The first kappa shape index (κ1) is 26.4. The molecule has 0 spiro atoms. The zero-order chi connectivity index (χ0) is 27.1. The zero-order valence-electron chi connectivity index (χ0n) is 21.0. The molecule has 1 aliphatic heterocycles. The summed E-state index contributed by atoms with van der Waals surface area (Å²) in [5, 5.41) is 9.49. The number of nitrogens with two attached hydrogens (primary N) is 2. The monoisotopic (exact) mass is 648 g/mol. The normalized spacial score (nSPS) is 22.5. The summed E-state index contributed by atoms with van der Waals surface area (Å²) >= 11 is 6.87. The fourth-order valence-corrected chi connectivity index (χ4v) is 6.40. The van der Waals surface area contributed by atoms with E-state index in [4.69, 9.17) is 11.5 Å². The van der Waals surface area contributed by atoms with E-state index in [2.05, 4.69) is 62.8 Å². The van der Waals surface area contributed by atoms with Gasteiger partial charge in [0.05, 0.1) is 22.9 Å². The number of fused-ring (bicyclic) bond motifs is 1. The zero-order valence-corrected chi connectivity index (χ0v) is 24.1. The standard InChI is InChI=1S/C24H30Br2N10O2/c1-35-10-12(25)6-17(35)22(38)30-8-13-11(7-29-21(37)16-3-4-18(26)36(16)2)5-14-20(34-24(28)32-14)19(13)15-9-31-23(27)33-15/h3-4,6,10-11,13,15,19H,5,7-9H2,1-2H3,(H,29,37)(H,30,38)(H3,27,31,33)(H3,28,32,34). The first-order valence-electron chi connectivity index (χ1n) is 12.2. The number of hydrogen-bond donors (Lipinski definition) is 6. The Hall–Kier alpha value is -3.26. The van der Waals surface area contributed by atoms with E-state index in [-0.39, 0.29) is 35.6 Å². The van der Waals surface area contributed by atoms with E-state index >= 15 is 0 Å². The van der Waals surface area contributed by atoms with Crippen LogP contribution in [-0.4, -0.2) is 62.6 Å². The molecule has 12 nitrogen and oxygen atoms in total. The van der Waals surface area contributed by atoms with Crippen LogP contribution in [0.3, 0.4) is 0 Å². The quantitative estimate of drug-likeness (QED) is 0.224. The smallest absolute Gasteiger partial charge is 0.267 e. The van der Waals surface area contributed by atoms with Gasteiger partial charge in [0.15, 0.2) is 11.9 Å². The number of guanidine groups is 1. The van der Waals surface area contributed by atoms with Crippen molar-refractivity contribution < 1.29 is 9.59 Å². The molecule has 4 atom stereocenters. The molecule has 1 aliphatic carbocycles. The first-order valence-corrected chi connectivity index (χ1v) is 13.8. The Morgan fingerprint density at radius 1 is 1.13 bits per heavy atom. The third kappa shape index (κ3) is 5.06. The molecule has 3 aromatic rings. The number of anilines is 1. The number of aryl methyl sites for hydroxylation is 1. The number of carbonyl (C=O) groups is 2. The molecule has 0 radical (unpaired) electrons. The van der Waals surface area contributed by atoms with E-state index in [9.17, 15) is 9.59 Å². The number of rotatable bonds is 7. The third-order valence-corrected chi connectivity index (χ3v) is 8.65. The third-order valence-electron chi connectivity index (χ3n) is 7.42. The van der Waals surface area contributed by atoms with Crippen LogP contribution in [0.15, 0.2) is 38.5 Å². The van der Waals surface area contributed by atoms with E-state index < -0.39 is 0 Å². The van der Waals surface area contributed by atoms with Crippen LogP contribution in [0.4, 0.5) is 5.95 Å². The van der Waals surface area contributed by atoms with Crippen LogP contribution in [0.25, 0.3) is 0 Å². The Balaban J connectivity index is 1.42. The SMILES string of the molecule is Cn1cc(Br)cc1C(=O)NCC1C(CNC(=O)c2ccc(Br)n2C)Cc2[nH]c(N)nc2C1C1CN=C(N)N1. The summed E-state index contributed by atoms with van der Waals surface area (Å²) in [6, 6.07) is 5.27. The molecule has 38 heavy (non-hydrogen) atoms. The molecule has 202 valence electrons. The van der Waals surface area contributed by atoms with Gasteiger partial charge in [-0.25, -0.2) is 4.98 Å². The minimum absolute atomic E-state index is 0.0240. The van der Waals surface area contributed by atoms with Gasteiger partial charge in [-0.2, -0.15) is 0 Å². The van der Waals surface area contributed by atoms with Crippen molar-refractivity contribution in [3.8, 4) is 0 Å². The predicted molar refractivity (Wildman–Crippen MR) is 151 cm³/mol. The van der Waals surface area contributed by atoms with Gasteiger partial charge in [0.1, 0.15) is 11.4 Å². The van der Waals surface area contributed by atoms with Crippen molar-refractivity contribution in [1.82, 2.24) is 35.1 Å². The summed E-state index contributed by atoms with van der Waals surface area (Å²) in [6.07, 6.45) is 2.45. The molecule has 5 rings (SSSR count). The molecular formula is C24H30Br2N10O2. The van der Waals surface area contributed by atoms with Gasteiger partial charge in [0.2, 0.25) is 0 Å². The van der Waals surface area contributed by atoms with E-state index in [1.54, 1.807) is 21.3 Å². The number of nitrogen functional groups attached to an aromatic ring is 1. The minimum atomic E-state index is -0.184. The second-order valence-electron chi connectivity index (χ2n) is 9.79. The molecule has 0 bridgehead atoms. The second kappa shape index (κ2) is 10.5. The van der Waals surface area contributed by atoms with Gasteiger partial charge in [-0.05, 0) is 68.3 Å². The summed E-state index contributed by atoms with van der Waals surface area (Å²) < 4.78 is 5.20. The summed E-state index contributed by atoms with van der Waals surface area (Å²) in [7, 11) is 3.65. The molecule has 2 aliphatic rings. The number of aromatic amines is 1. The number of nitrogens with zero attached hydrogens (tertiary/aromatic N) is 4. The molecule has 14 heteroatoms. The van der Waals surface area contributed by atoms with Crippen LogP contribution >= 0.6 is 31.9 Å². The van der Waals surface area contributed by atoms with Crippen molar-refractivity contribution in [3.63, 3.8) is 0 Å². The number of halogens is 2. The lowest BCUT2D eigenvalue weighted by Gasteiger charge is -2.40. The Kier molecular flexibility index (Phi) is 7.27. The van der Waals surface area contributed by atoms with Crippen LogP contribution in [-0.2, 0) is 20.5 Å². The lowest BCUT2D eigenvalue weighted by atomic mass is 9.69. The lowest BCUT2D eigenvalue weighted by Crippen LogP contribution is -2.50. The predicted octanol–water partition coefficient (Wildman–Crippen LogP) is 1.21. The van der Waals surface area contributed by atoms with Crippen LogP contribution in [0.5, 0.6) is 0 Å². The van der Waals surface area contributed by atoms with Gasteiger partial charge in [-0.15, -0.1) is 0 Å². The average Bonchev–Trinajstić information content (AvgIpc) is 3.63. The Morgan fingerprint density at radius 3 is 2.50 bits per heavy atom. The summed E-state index contributed by atoms with van der Waals surface area (Å²) in [4.78, 5) is 38.3. The molecule has 0 fully saturated rings. The highest BCUT2D eigenvalue weighted by Crippen LogP contribution is 2.41. The Labute approximate surface area is 236 Å². The van der Waals surface area contributed by atoms with Crippen molar-refractivity contribution in [3.05, 3.63) is 56.2 Å². The van der Waals surface area contributed by atoms with E-state index in [0.717, 1.165) is 20.5 Å². The number of aliphatic imine (C=N–C) groups is 1. The Morgan fingerprint density at radius 2 is 1.87 bits per heavy atom. The van der Waals surface area contributed by atoms with Crippen LogP contribution < -0.4 is 27.4 Å². The van der Waals surface area contributed by atoms with Crippen molar-refractivity contribution in [2.75, 3.05) is 25.4 Å². The summed E-state index contributed by atoms with van der Waals surface area (Å²) in [5.74, 6) is 0.0936. The van der Waals surface area contributed by atoms with Crippen molar-refractivity contribution in [1.29, 1.82) is 0 Å². The van der Waals surface area contributed by atoms with Crippen molar-refractivity contribution >= 4 is 55.6 Å². The maximum atomic E-state index is 13.1. The molecule has 3 aromatic heterocycles. The fourth-order valence-electron chi connectivity index (χ4n) is 5.55. The Bertz CT molecular complexity index is 1410. The topological polar surface area (TPSA) is 173 Å². The van der Waals surface area contributed by atoms with E-state index in [1.807, 2.05) is 26.4 Å². The second-order valence-corrected chi connectivity index (χ2v) is 11.5. The average molecular weight is 650 g/mol. The number of aromatic nitrogens is 4. The highest BCUT2D eigenvalue weighted by Gasteiger charge is 2.44. The minimum Gasteiger partial charge on any atom is -0.370 e. The van der Waals surface area contributed by atoms with Gasteiger partial charge in [0, 0.05) is 49.5 Å². The van der Waals surface area contributed by atoms with Crippen molar-refractivity contribution in [2.45, 2.75) is 18.4 Å². The molecular weight excluding hydrogens is 620 g/mol. The number of carbonyl (C=O) groups excluding carboxylic acids is 2. The van der Waals surface area contributed by atoms with Gasteiger partial charge >= 0.3 is 0 Å². The molecule has 0 saturated carbocycles. The number of amides is 2. The molecule has 0 saturated heterocycles. The molecule has 2 amide bonds. The number of hydrogen-bond acceptors (Lipinski definition) is 7. The molecule has 4 heterocycles. The largest absolute Gasteiger partial charge is 0.370 e. The maximum absolute atomic E-state index is 13.1. The number of nitrogens with one attached hydrogen (secondary N) is 4. The maximum Gasteiger partial charge on any atom is 0.267 e. The van der Waals surface area contributed by atoms with Gasteiger partial charge < -0.3 is 41.5 Å². The highest BCUT2D eigenvalue weighted by atomic mass is 79.9. The van der Waals surface area contributed by atoms with Crippen LogP contribution in [0.1, 0.15) is 38.3 Å². The van der Waals surface area contributed by atoms with Crippen LogP contribution in [0.2, 0.25) is 0 Å².